The highest BCUT2D eigenvalue weighted by Gasteiger charge is 2.39. The summed E-state index contributed by atoms with van der Waals surface area (Å²) >= 11 is 5.84. The summed E-state index contributed by atoms with van der Waals surface area (Å²) in [6.45, 7) is 4.25. The molecule has 0 aromatic heterocycles. The summed E-state index contributed by atoms with van der Waals surface area (Å²) in [7, 11) is 0. The van der Waals surface area contributed by atoms with Crippen LogP contribution in [0.2, 0.25) is 5.02 Å². The normalized spacial score (nSPS) is 17.7. The third kappa shape index (κ3) is 3.74. The Kier molecular flexibility index (Phi) is 5.44. The maximum Gasteiger partial charge on any atom is 0.312 e. The number of carbonyl (C=O) groups excluding carboxylic acids is 1. The number of hydrogen-bond acceptors (Lipinski definition) is 3. The lowest BCUT2D eigenvalue weighted by molar-refractivity contribution is -0.159. The van der Waals surface area contributed by atoms with Gasteiger partial charge in [0.05, 0.1) is 5.41 Å². The van der Waals surface area contributed by atoms with Gasteiger partial charge in [0.25, 0.3) is 0 Å². The van der Waals surface area contributed by atoms with Crippen molar-refractivity contribution >= 4 is 17.6 Å². The molecule has 20 heavy (non-hydrogen) atoms. The first kappa shape index (κ1) is 15.3. The van der Waals surface area contributed by atoms with Crippen LogP contribution in [-0.2, 0) is 16.1 Å². The van der Waals surface area contributed by atoms with Crippen molar-refractivity contribution in [1.29, 1.82) is 0 Å². The Hall–Kier alpha value is -1.06. The van der Waals surface area contributed by atoms with Crippen molar-refractivity contribution in [2.75, 3.05) is 13.1 Å². The van der Waals surface area contributed by atoms with Crippen LogP contribution in [-0.4, -0.2) is 19.1 Å². The Morgan fingerprint density at radius 1 is 1.30 bits per heavy atom. The number of nitrogens with one attached hydrogen (secondary N) is 1. The standard InChI is InChI=1S/C16H22ClNO2/c1-2-7-16(8-10-18-11-9-16)15(19)20-12-13-3-5-14(17)6-4-13/h3-6,18H,2,7-12H2,1H3. The first-order chi connectivity index (χ1) is 9.66. The van der Waals surface area contributed by atoms with Gasteiger partial charge >= 0.3 is 5.97 Å². The van der Waals surface area contributed by atoms with E-state index in [1.165, 1.54) is 0 Å². The topological polar surface area (TPSA) is 38.3 Å². The molecule has 0 spiro atoms. The molecule has 1 aromatic carbocycles. The molecular formula is C16H22ClNO2. The lowest BCUT2D eigenvalue weighted by Gasteiger charge is -2.35. The van der Waals surface area contributed by atoms with Crippen LogP contribution in [0.4, 0.5) is 0 Å². The predicted molar refractivity (Wildman–Crippen MR) is 80.7 cm³/mol. The molecular weight excluding hydrogens is 274 g/mol. The van der Waals surface area contributed by atoms with Crippen LogP contribution in [0.15, 0.2) is 24.3 Å². The second kappa shape index (κ2) is 7.09. The van der Waals surface area contributed by atoms with Gasteiger partial charge in [-0.3, -0.25) is 4.79 Å². The molecule has 0 bridgehead atoms. The van der Waals surface area contributed by atoms with Gasteiger partial charge in [-0.2, -0.15) is 0 Å². The maximum absolute atomic E-state index is 12.5. The smallest absolute Gasteiger partial charge is 0.312 e. The summed E-state index contributed by atoms with van der Waals surface area (Å²) < 4.78 is 5.55. The highest BCUT2D eigenvalue weighted by molar-refractivity contribution is 6.30. The molecule has 1 aliphatic heterocycles. The summed E-state index contributed by atoms with van der Waals surface area (Å²) in [6, 6.07) is 7.42. The lowest BCUT2D eigenvalue weighted by atomic mass is 9.75. The van der Waals surface area contributed by atoms with E-state index >= 15 is 0 Å². The molecule has 0 saturated carbocycles. The second-order valence-corrected chi connectivity index (χ2v) is 5.92. The van der Waals surface area contributed by atoms with Crippen molar-refractivity contribution in [3.63, 3.8) is 0 Å². The van der Waals surface area contributed by atoms with Crippen LogP contribution >= 0.6 is 11.6 Å². The van der Waals surface area contributed by atoms with Gasteiger partial charge in [0, 0.05) is 5.02 Å². The zero-order chi connectivity index (χ0) is 14.4. The lowest BCUT2D eigenvalue weighted by Crippen LogP contribution is -2.43. The summed E-state index contributed by atoms with van der Waals surface area (Å²) in [5, 5.41) is 4.01. The minimum Gasteiger partial charge on any atom is -0.460 e. The van der Waals surface area contributed by atoms with Crippen LogP contribution in [0.3, 0.4) is 0 Å². The fourth-order valence-corrected chi connectivity index (χ4v) is 2.95. The summed E-state index contributed by atoms with van der Waals surface area (Å²) in [6.07, 6.45) is 3.67. The van der Waals surface area contributed by atoms with E-state index in [9.17, 15) is 4.79 Å². The molecule has 1 fully saturated rings. The quantitative estimate of drug-likeness (QED) is 0.844. The number of esters is 1. The van der Waals surface area contributed by atoms with E-state index in [0.717, 1.165) is 44.3 Å². The van der Waals surface area contributed by atoms with Crippen molar-refractivity contribution in [1.82, 2.24) is 5.32 Å². The van der Waals surface area contributed by atoms with Crippen LogP contribution in [0, 0.1) is 5.41 Å². The van der Waals surface area contributed by atoms with Crippen molar-refractivity contribution < 1.29 is 9.53 Å². The number of halogens is 1. The van der Waals surface area contributed by atoms with Crippen LogP contribution in [0.5, 0.6) is 0 Å². The summed E-state index contributed by atoms with van der Waals surface area (Å²) in [4.78, 5) is 12.5. The molecule has 1 aromatic rings. The van der Waals surface area contributed by atoms with E-state index in [1.54, 1.807) is 0 Å². The first-order valence-corrected chi connectivity index (χ1v) is 7.66. The van der Waals surface area contributed by atoms with E-state index < -0.39 is 0 Å². The largest absolute Gasteiger partial charge is 0.460 e. The Morgan fingerprint density at radius 3 is 2.55 bits per heavy atom. The third-order valence-corrected chi connectivity index (χ3v) is 4.26. The average molecular weight is 296 g/mol. The highest BCUT2D eigenvalue weighted by Crippen LogP contribution is 2.35. The van der Waals surface area contributed by atoms with E-state index in [-0.39, 0.29) is 11.4 Å². The number of benzene rings is 1. The Bertz CT molecular complexity index is 433. The zero-order valence-corrected chi connectivity index (χ0v) is 12.7. The minimum atomic E-state index is -0.285. The van der Waals surface area contributed by atoms with Crippen molar-refractivity contribution in [3.8, 4) is 0 Å². The number of carbonyl (C=O) groups is 1. The fourth-order valence-electron chi connectivity index (χ4n) is 2.82. The molecule has 0 radical (unpaired) electrons. The Balaban J connectivity index is 1.96. The van der Waals surface area contributed by atoms with Gasteiger partial charge in [-0.25, -0.2) is 0 Å². The van der Waals surface area contributed by atoms with Gasteiger partial charge in [0.2, 0.25) is 0 Å². The van der Waals surface area contributed by atoms with Gasteiger partial charge in [-0.15, -0.1) is 0 Å². The van der Waals surface area contributed by atoms with Gasteiger partial charge in [-0.05, 0) is 50.0 Å². The van der Waals surface area contributed by atoms with Crippen molar-refractivity contribution in [2.45, 2.75) is 39.2 Å². The molecule has 0 amide bonds. The molecule has 0 unspecified atom stereocenters. The van der Waals surface area contributed by atoms with E-state index in [4.69, 9.17) is 16.3 Å². The molecule has 1 heterocycles. The predicted octanol–water partition coefficient (Wildman–Crippen LogP) is 3.55. The van der Waals surface area contributed by atoms with Gasteiger partial charge in [0.1, 0.15) is 6.61 Å². The van der Waals surface area contributed by atoms with Crippen LogP contribution < -0.4 is 5.32 Å². The molecule has 0 aliphatic carbocycles. The fraction of sp³-hybridized carbons (Fsp3) is 0.562. The molecule has 1 saturated heterocycles. The molecule has 2 rings (SSSR count). The molecule has 0 atom stereocenters. The molecule has 3 nitrogen and oxygen atoms in total. The Labute approximate surface area is 125 Å². The van der Waals surface area contributed by atoms with Crippen molar-refractivity contribution in [2.24, 2.45) is 5.41 Å². The number of rotatable bonds is 5. The van der Waals surface area contributed by atoms with E-state index in [2.05, 4.69) is 12.2 Å². The number of ether oxygens (including phenoxy) is 1. The summed E-state index contributed by atoms with van der Waals surface area (Å²) in [5.41, 5.74) is 0.690. The zero-order valence-electron chi connectivity index (χ0n) is 12.0. The van der Waals surface area contributed by atoms with Gasteiger partial charge in [-0.1, -0.05) is 37.1 Å². The molecule has 1 N–H and O–H groups in total. The molecule has 4 heteroatoms. The van der Waals surface area contributed by atoms with E-state index in [0.29, 0.717) is 11.6 Å². The third-order valence-electron chi connectivity index (χ3n) is 4.01. The van der Waals surface area contributed by atoms with Crippen LogP contribution in [0.25, 0.3) is 0 Å². The average Bonchev–Trinajstić information content (AvgIpc) is 2.47. The molecule has 1 aliphatic rings. The maximum atomic E-state index is 12.5. The van der Waals surface area contributed by atoms with Crippen molar-refractivity contribution in [3.05, 3.63) is 34.9 Å². The van der Waals surface area contributed by atoms with Crippen LogP contribution in [0.1, 0.15) is 38.2 Å². The second-order valence-electron chi connectivity index (χ2n) is 5.48. The summed E-state index contributed by atoms with van der Waals surface area (Å²) in [5.74, 6) is -0.0456. The first-order valence-electron chi connectivity index (χ1n) is 7.29. The number of hydrogen-bond donors (Lipinski definition) is 1. The highest BCUT2D eigenvalue weighted by atomic mass is 35.5. The monoisotopic (exact) mass is 295 g/mol. The minimum absolute atomic E-state index is 0.0456. The SMILES string of the molecule is CCCC1(C(=O)OCc2ccc(Cl)cc2)CCNCC1. The molecule has 110 valence electrons. The van der Waals surface area contributed by atoms with E-state index in [1.807, 2.05) is 24.3 Å². The number of piperidine rings is 1. The Morgan fingerprint density at radius 2 is 1.95 bits per heavy atom. The van der Waals surface area contributed by atoms with Gasteiger partial charge in [0.15, 0.2) is 0 Å². The van der Waals surface area contributed by atoms with Gasteiger partial charge < -0.3 is 10.1 Å².